The highest BCUT2D eigenvalue weighted by Gasteiger charge is 2.37. The SMILES string of the molecule is CCCNCC1CC1c1ccc(OCC)cc1. The Balaban J connectivity index is 1.80. The van der Waals surface area contributed by atoms with E-state index in [1.807, 2.05) is 6.92 Å². The molecule has 2 rings (SSSR count). The highest BCUT2D eigenvalue weighted by atomic mass is 16.5. The topological polar surface area (TPSA) is 21.3 Å². The van der Waals surface area contributed by atoms with Gasteiger partial charge in [-0.05, 0) is 62.4 Å². The number of rotatable bonds is 7. The molecule has 0 radical (unpaired) electrons. The third kappa shape index (κ3) is 3.47. The first-order valence-electron chi connectivity index (χ1n) is 6.78. The van der Waals surface area contributed by atoms with E-state index in [-0.39, 0.29) is 0 Å². The maximum Gasteiger partial charge on any atom is 0.119 e. The molecule has 94 valence electrons. The molecule has 2 nitrogen and oxygen atoms in total. The molecule has 17 heavy (non-hydrogen) atoms. The molecule has 1 aromatic rings. The minimum absolute atomic E-state index is 0.742. The Morgan fingerprint density at radius 1 is 1.24 bits per heavy atom. The van der Waals surface area contributed by atoms with Gasteiger partial charge in [0, 0.05) is 0 Å². The van der Waals surface area contributed by atoms with Crippen LogP contribution in [0.5, 0.6) is 5.75 Å². The van der Waals surface area contributed by atoms with Crippen molar-refractivity contribution in [3.05, 3.63) is 29.8 Å². The summed E-state index contributed by atoms with van der Waals surface area (Å²) in [4.78, 5) is 0. The molecule has 1 aliphatic rings. The van der Waals surface area contributed by atoms with E-state index in [0.717, 1.165) is 30.7 Å². The Morgan fingerprint density at radius 2 is 2.00 bits per heavy atom. The van der Waals surface area contributed by atoms with Gasteiger partial charge in [0.05, 0.1) is 6.61 Å². The summed E-state index contributed by atoms with van der Waals surface area (Å²) >= 11 is 0. The summed E-state index contributed by atoms with van der Waals surface area (Å²) in [5.41, 5.74) is 1.47. The summed E-state index contributed by atoms with van der Waals surface area (Å²) in [6, 6.07) is 8.62. The normalized spacial score (nSPS) is 22.5. The lowest BCUT2D eigenvalue weighted by Gasteiger charge is -2.05. The summed E-state index contributed by atoms with van der Waals surface area (Å²) in [5.74, 6) is 2.60. The lowest BCUT2D eigenvalue weighted by atomic mass is 10.1. The minimum atomic E-state index is 0.742. The monoisotopic (exact) mass is 233 g/mol. The van der Waals surface area contributed by atoms with Crippen molar-refractivity contribution in [2.75, 3.05) is 19.7 Å². The molecule has 0 amide bonds. The van der Waals surface area contributed by atoms with Crippen LogP contribution in [0.3, 0.4) is 0 Å². The van der Waals surface area contributed by atoms with Gasteiger partial charge in [-0.1, -0.05) is 19.1 Å². The van der Waals surface area contributed by atoms with E-state index < -0.39 is 0 Å². The van der Waals surface area contributed by atoms with Gasteiger partial charge in [0.15, 0.2) is 0 Å². The standard InChI is InChI=1S/C15H23NO/c1-3-9-16-11-13-10-15(13)12-5-7-14(8-6-12)17-4-2/h5-8,13,15-16H,3-4,9-11H2,1-2H3. The van der Waals surface area contributed by atoms with E-state index in [2.05, 4.69) is 36.5 Å². The van der Waals surface area contributed by atoms with E-state index in [1.54, 1.807) is 0 Å². The maximum atomic E-state index is 5.45. The van der Waals surface area contributed by atoms with Gasteiger partial charge in [-0.2, -0.15) is 0 Å². The summed E-state index contributed by atoms with van der Waals surface area (Å²) in [6.07, 6.45) is 2.56. The van der Waals surface area contributed by atoms with Gasteiger partial charge in [0.1, 0.15) is 5.75 Å². The van der Waals surface area contributed by atoms with Crippen molar-refractivity contribution >= 4 is 0 Å². The second-order valence-electron chi connectivity index (χ2n) is 4.81. The van der Waals surface area contributed by atoms with Gasteiger partial charge >= 0.3 is 0 Å². The first-order valence-corrected chi connectivity index (χ1v) is 6.78. The van der Waals surface area contributed by atoms with Gasteiger partial charge in [-0.15, -0.1) is 0 Å². The van der Waals surface area contributed by atoms with E-state index >= 15 is 0 Å². The van der Waals surface area contributed by atoms with Crippen molar-refractivity contribution in [1.82, 2.24) is 5.32 Å². The fraction of sp³-hybridized carbons (Fsp3) is 0.600. The van der Waals surface area contributed by atoms with Crippen LogP contribution in [-0.4, -0.2) is 19.7 Å². The highest BCUT2D eigenvalue weighted by molar-refractivity contribution is 5.32. The van der Waals surface area contributed by atoms with E-state index in [1.165, 1.54) is 24.9 Å². The Kier molecular flexibility index (Phi) is 4.43. The van der Waals surface area contributed by atoms with Crippen LogP contribution < -0.4 is 10.1 Å². The molecule has 1 N–H and O–H groups in total. The molecule has 2 unspecified atom stereocenters. The lowest BCUT2D eigenvalue weighted by Crippen LogP contribution is -2.17. The zero-order chi connectivity index (χ0) is 12.1. The Morgan fingerprint density at radius 3 is 2.65 bits per heavy atom. The van der Waals surface area contributed by atoms with Gasteiger partial charge in [0.2, 0.25) is 0 Å². The molecule has 1 aliphatic carbocycles. The summed E-state index contributed by atoms with van der Waals surface area (Å²) in [5, 5.41) is 3.50. The molecule has 0 heterocycles. The Hall–Kier alpha value is -1.02. The van der Waals surface area contributed by atoms with Gasteiger partial charge < -0.3 is 10.1 Å². The molecule has 2 heteroatoms. The number of hydrogen-bond acceptors (Lipinski definition) is 2. The summed E-state index contributed by atoms with van der Waals surface area (Å²) in [6.45, 7) is 7.29. The average Bonchev–Trinajstić information content (AvgIpc) is 3.11. The van der Waals surface area contributed by atoms with Crippen LogP contribution in [0.1, 0.15) is 38.2 Å². The largest absolute Gasteiger partial charge is 0.494 e. The van der Waals surface area contributed by atoms with Crippen LogP contribution in [0.4, 0.5) is 0 Å². The van der Waals surface area contributed by atoms with Crippen molar-refractivity contribution in [2.45, 2.75) is 32.6 Å². The Labute approximate surface area is 104 Å². The lowest BCUT2D eigenvalue weighted by molar-refractivity contribution is 0.340. The van der Waals surface area contributed by atoms with E-state index in [4.69, 9.17) is 4.74 Å². The van der Waals surface area contributed by atoms with Crippen LogP contribution in [0.2, 0.25) is 0 Å². The number of nitrogens with one attached hydrogen (secondary N) is 1. The van der Waals surface area contributed by atoms with E-state index in [0.29, 0.717) is 0 Å². The molecule has 0 saturated heterocycles. The maximum absolute atomic E-state index is 5.45. The molecule has 0 spiro atoms. The molecule has 1 aromatic carbocycles. The van der Waals surface area contributed by atoms with Crippen molar-refractivity contribution in [3.63, 3.8) is 0 Å². The number of ether oxygens (including phenoxy) is 1. The van der Waals surface area contributed by atoms with Crippen molar-refractivity contribution in [3.8, 4) is 5.75 Å². The van der Waals surface area contributed by atoms with Crippen LogP contribution >= 0.6 is 0 Å². The second-order valence-corrected chi connectivity index (χ2v) is 4.81. The van der Waals surface area contributed by atoms with Gasteiger partial charge in [-0.25, -0.2) is 0 Å². The third-order valence-electron chi connectivity index (χ3n) is 3.38. The first kappa shape index (κ1) is 12.4. The number of benzene rings is 1. The zero-order valence-electron chi connectivity index (χ0n) is 10.9. The van der Waals surface area contributed by atoms with Gasteiger partial charge in [0.25, 0.3) is 0 Å². The van der Waals surface area contributed by atoms with Crippen LogP contribution in [-0.2, 0) is 0 Å². The van der Waals surface area contributed by atoms with E-state index in [9.17, 15) is 0 Å². The highest BCUT2D eigenvalue weighted by Crippen LogP contribution is 2.47. The van der Waals surface area contributed by atoms with Crippen LogP contribution in [0, 0.1) is 5.92 Å². The molecule has 1 fully saturated rings. The smallest absolute Gasteiger partial charge is 0.119 e. The predicted molar refractivity (Wildman–Crippen MR) is 71.6 cm³/mol. The minimum Gasteiger partial charge on any atom is -0.494 e. The summed E-state index contributed by atoms with van der Waals surface area (Å²) < 4.78 is 5.45. The molecule has 0 bridgehead atoms. The van der Waals surface area contributed by atoms with Crippen molar-refractivity contribution in [1.29, 1.82) is 0 Å². The average molecular weight is 233 g/mol. The van der Waals surface area contributed by atoms with Gasteiger partial charge in [-0.3, -0.25) is 0 Å². The molecular formula is C15H23NO. The predicted octanol–water partition coefficient (Wildman–Crippen LogP) is 3.19. The molecule has 0 aliphatic heterocycles. The fourth-order valence-electron chi connectivity index (χ4n) is 2.32. The Bertz CT molecular complexity index is 333. The first-order chi connectivity index (χ1) is 8.35. The molecule has 2 atom stereocenters. The second kappa shape index (κ2) is 6.06. The zero-order valence-corrected chi connectivity index (χ0v) is 10.9. The van der Waals surface area contributed by atoms with Crippen molar-refractivity contribution in [2.24, 2.45) is 5.92 Å². The molecule has 1 saturated carbocycles. The third-order valence-corrected chi connectivity index (χ3v) is 3.38. The summed E-state index contributed by atoms with van der Waals surface area (Å²) in [7, 11) is 0. The fourth-order valence-corrected chi connectivity index (χ4v) is 2.32. The molecular weight excluding hydrogens is 210 g/mol. The van der Waals surface area contributed by atoms with Crippen molar-refractivity contribution < 1.29 is 4.74 Å². The number of hydrogen-bond donors (Lipinski definition) is 1. The van der Waals surface area contributed by atoms with Crippen LogP contribution in [0.25, 0.3) is 0 Å². The van der Waals surface area contributed by atoms with Crippen LogP contribution in [0.15, 0.2) is 24.3 Å². The molecule has 0 aromatic heterocycles. The quantitative estimate of drug-likeness (QED) is 0.730.